The van der Waals surface area contributed by atoms with Crippen LogP contribution in [-0.2, 0) is 11.2 Å². The number of hydrogen-bond donors (Lipinski definition) is 4. The van der Waals surface area contributed by atoms with Gasteiger partial charge in [0.25, 0.3) is 0 Å². The second-order valence-corrected chi connectivity index (χ2v) is 8.98. The second-order valence-electron chi connectivity index (χ2n) is 8.13. The third kappa shape index (κ3) is 5.08. The van der Waals surface area contributed by atoms with Crippen LogP contribution in [0.5, 0.6) is 0 Å². The lowest BCUT2D eigenvalue weighted by molar-refractivity contribution is -0.131. The van der Waals surface area contributed by atoms with E-state index in [0.29, 0.717) is 24.1 Å². The lowest BCUT2D eigenvalue weighted by Crippen LogP contribution is -2.46. The topological polar surface area (TPSA) is 111 Å². The molecule has 5 rings (SSSR count). The Balaban J connectivity index is 1.21. The largest absolute Gasteiger partial charge is 0.340 e. The minimum Gasteiger partial charge on any atom is -0.340 e. The summed E-state index contributed by atoms with van der Waals surface area (Å²) < 4.78 is 0.751. The van der Waals surface area contributed by atoms with Gasteiger partial charge in [0, 0.05) is 55.7 Å². The van der Waals surface area contributed by atoms with Gasteiger partial charge in [0.2, 0.25) is 11.9 Å². The number of benzene rings is 1. The normalized spacial score (nSPS) is 16.1. The van der Waals surface area contributed by atoms with E-state index in [9.17, 15) is 4.79 Å². The number of rotatable bonds is 7. The Hall–Kier alpha value is -2.98. The van der Waals surface area contributed by atoms with E-state index in [2.05, 4.69) is 52.0 Å². The fraction of sp³-hybridized carbons (Fsp3) is 0.364. The highest BCUT2D eigenvalue weighted by Gasteiger charge is 2.25. The predicted molar refractivity (Wildman–Crippen MR) is 126 cm³/mol. The number of aromatic nitrogens is 4. The summed E-state index contributed by atoms with van der Waals surface area (Å²) >= 11 is 3.49. The quantitative estimate of drug-likeness (QED) is 0.397. The van der Waals surface area contributed by atoms with Gasteiger partial charge in [0.15, 0.2) is 11.6 Å². The summed E-state index contributed by atoms with van der Waals surface area (Å²) in [5.41, 5.74) is 3.00. The molecule has 32 heavy (non-hydrogen) atoms. The number of hydrogen-bond acceptors (Lipinski definition) is 7. The van der Waals surface area contributed by atoms with Crippen molar-refractivity contribution in [2.24, 2.45) is 0 Å². The molecule has 0 atom stereocenters. The Morgan fingerprint density at radius 3 is 2.69 bits per heavy atom. The molecule has 1 aliphatic carbocycles. The molecule has 0 radical (unpaired) electrons. The molecular formula is C22H25BrN8O. The third-order valence-electron chi connectivity index (χ3n) is 5.64. The molecule has 2 fully saturated rings. The van der Waals surface area contributed by atoms with E-state index in [1.807, 2.05) is 35.2 Å². The average Bonchev–Trinajstić information content (AvgIpc) is 3.57. The van der Waals surface area contributed by atoms with Gasteiger partial charge in [-0.3, -0.25) is 9.89 Å². The van der Waals surface area contributed by atoms with Crippen molar-refractivity contribution in [3.05, 3.63) is 52.3 Å². The van der Waals surface area contributed by atoms with Crippen molar-refractivity contribution in [1.82, 2.24) is 30.4 Å². The molecule has 1 saturated heterocycles. The molecule has 166 valence electrons. The van der Waals surface area contributed by atoms with Gasteiger partial charge in [0.05, 0.1) is 10.9 Å². The number of halogens is 1. The van der Waals surface area contributed by atoms with Crippen molar-refractivity contribution >= 4 is 45.1 Å². The molecule has 2 aliphatic rings. The highest BCUT2D eigenvalue weighted by atomic mass is 79.9. The molecule has 2 aromatic heterocycles. The summed E-state index contributed by atoms with van der Waals surface area (Å²) in [4.78, 5) is 23.3. The number of aromatic amines is 1. The van der Waals surface area contributed by atoms with Crippen molar-refractivity contribution in [2.45, 2.75) is 25.2 Å². The van der Waals surface area contributed by atoms with Crippen LogP contribution in [-0.4, -0.2) is 57.2 Å². The Labute approximate surface area is 194 Å². The maximum absolute atomic E-state index is 12.4. The molecule has 1 aliphatic heterocycles. The molecule has 0 spiro atoms. The first-order chi connectivity index (χ1) is 15.6. The van der Waals surface area contributed by atoms with E-state index in [0.717, 1.165) is 53.4 Å². The predicted octanol–water partition coefficient (Wildman–Crippen LogP) is 3.30. The maximum atomic E-state index is 12.4. The highest BCUT2D eigenvalue weighted by Crippen LogP contribution is 2.39. The van der Waals surface area contributed by atoms with Gasteiger partial charge >= 0.3 is 0 Å². The average molecular weight is 497 g/mol. The van der Waals surface area contributed by atoms with Gasteiger partial charge in [-0.05, 0) is 46.5 Å². The molecule has 4 N–H and O–H groups in total. The van der Waals surface area contributed by atoms with E-state index in [-0.39, 0.29) is 5.91 Å². The van der Waals surface area contributed by atoms with Crippen LogP contribution in [0.2, 0.25) is 0 Å². The van der Waals surface area contributed by atoms with Gasteiger partial charge in [-0.15, -0.1) is 0 Å². The molecule has 1 amide bonds. The standard InChI is InChI=1S/C22H25BrN8O/c23-17-13-25-22(28-21(17)27-19-12-18(29-30-19)15-3-4-15)26-16-5-1-14(2-6-16)11-20(32)31-9-7-24-8-10-31/h1-2,5-6,12-13,15,24H,3-4,7-11H2,(H3,25,26,27,28,29,30). The fourth-order valence-electron chi connectivity index (χ4n) is 3.68. The molecule has 0 bridgehead atoms. The first-order valence-electron chi connectivity index (χ1n) is 10.8. The van der Waals surface area contributed by atoms with Gasteiger partial charge < -0.3 is 20.9 Å². The molecule has 3 aromatic rings. The molecule has 1 aromatic carbocycles. The van der Waals surface area contributed by atoms with Crippen molar-refractivity contribution in [2.75, 3.05) is 36.8 Å². The number of carbonyl (C=O) groups is 1. The number of nitrogens with one attached hydrogen (secondary N) is 4. The van der Waals surface area contributed by atoms with Gasteiger partial charge in [0.1, 0.15) is 0 Å². The van der Waals surface area contributed by atoms with Crippen molar-refractivity contribution in [3.8, 4) is 0 Å². The number of carbonyl (C=O) groups excluding carboxylic acids is 1. The highest BCUT2D eigenvalue weighted by molar-refractivity contribution is 9.10. The molecule has 9 nitrogen and oxygen atoms in total. The zero-order valence-electron chi connectivity index (χ0n) is 17.6. The zero-order valence-corrected chi connectivity index (χ0v) is 19.2. The molecule has 0 unspecified atom stereocenters. The van der Waals surface area contributed by atoms with Crippen LogP contribution in [0.3, 0.4) is 0 Å². The summed E-state index contributed by atoms with van der Waals surface area (Å²) in [5, 5.41) is 17.1. The van der Waals surface area contributed by atoms with Crippen molar-refractivity contribution < 1.29 is 4.79 Å². The molecule has 3 heterocycles. The Morgan fingerprint density at radius 1 is 1.16 bits per heavy atom. The summed E-state index contributed by atoms with van der Waals surface area (Å²) in [6, 6.07) is 9.83. The monoisotopic (exact) mass is 496 g/mol. The number of amides is 1. The van der Waals surface area contributed by atoms with E-state index < -0.39 is 0 Å². The fourth-order valence-corrected chi connectivity index (χ4v) is 3.97. The van der Waals surface area contributed by atoms with Crippen LogP contribution in [0.1, 0.15) is 30.0 Å². The third-order valence-corrected chi connectivity index (χ3v) is 6.22. The van der Waals surface area contributed by atoms with Crippen LogP contribution in [0.4, 0.5) is 23.3 Å². The summed E-state index contributed by atoms with van der Waals surface area (Å²) in [7, 11) is 0. The summed E-state index contributed by atoms with van der Waals surface area (Å²) in [6.07, 6.45) is 4.55. The number of piperazine rings is 1. The maximum Gasteiger partial charge on any atom is 0.229 e. The molecule has 10 heteroatoms. The van der Waals surface area contributed by atoms with E-state index in [4.69, 9.17) is 0 Å². The molecule has 1 saturated carbocycles. The second kappa shape index (κ2) is 9.25. The molecular weight excluding hydrogens is 472 g/mol. The van der Waals surface area contributed by atoms with Gasteiger partial charge in [-0.1, -0.05) is 12.1 Å². The lowest BCUT2D eigenvalue weighted by Gasteiger charge is -2.27. The van der Waals surface area contributed by atoms with Gasteiger partial charge in [-0.2, -0.15) is 10.1 Å². The van der Waals surface area contributed by atoms with Gasteiger partial charge in [-0.25, -0.2) is 4.98 Å². The van der Waals surface area contributed by atoms with Crippen LogP contribution >= 0.6 is 15.9 Å². The first-order valence-corrected chi connectivity index (χ1v) is 11.6. The first kappa shape index (κ1) is 20.9. The smallest absolute Gasteiger partial charge is 0.229 e. The Morgan fingerprint density at radius 2 is 1.94 bits per heavy atom. The minimum atomic E-state index is 0.169. The van der Waals surface area contributed by atoms with E-state index in [1.165, 1.54) is 12.8 Å². The van der Waals surface area contributed by atoms with Crippen LogP contribution in [0.15, 0.2) is 41.0 Å². The zero-order chi connectivity index (χ0) is 21.9. The number of anilines is 4. The SMILES string of the molecule is O=C(Cc1ccc(Nc2ncc(Br)c(Nc3cc(C4CC4)[nH]n3)n2)cc1)N1CCNCC1. The summed E-state index contributed by atoms with van der Waals surface area (Å²) in [5.74, 6) is 2.62. The number of nitrogens with zero attached hydrogens (tertiary/aromatic N) is 4. The van der Waals surface area contributed by atoms with Crippen molar-refractivity contribution in [1.29, 1.82) is 0 Å². The number of H-pyrrole nitrogens is 1. The van der Waals surface area contributed by atoms with E-state index in [1.54, 1.807) is 6.20 Å². The van der Waals surface area contributed by atoms with Crippen LogP contribution in [0.25, 0.3) is 0 Å². The lowest BCUT2D eigenvalue weighted by atomic mass is 10.1. The Kier molecular flexibility index (Phi) is 6.04. The van der Waals surface area contributed by atoms with Crippen LogP contribution in [0, 0.1) is 0 Å². The minimum absolute atomic E-state index is 0.169. The Bertz CT molecular complexity index is 1090. The van der Waals surface area contributed by atoms with Crippen LogP contribution < -0.4 is 16.0 Å². The van der Waals surface area contributed by atoms with E-state index >= 15 is 0 Å². The van der Waals surface area contributed by atoms with Crippen molar-refractivity contribution in [3.63, 3.8) is 0 Å². The summed E-state index contributed by atoms with van der Waals surface area (Å²) in [6.45, 7) is 3.27.